The highest BCUT2D eigenvalue weighted by atomic mass is 32.1. The predicted molar refractivity (Wildman–Crippen MR) is 116 cm³/mol. The first-order chi connectivity index (χ1) is 14.6. The van der Waals surface area contributed by atoms with Crippen LogP contribution in [0.25, 0.3) is 0 Å². The third-order valence-corrected chi connectivity index (χ3v) is 6.53. The topological polar surface area (TPSA) is 55.4 Å². The zero-order chi connectivity index (χ0) is 21.1. The number of nitrogens with one attached hydrogen (secondary N) is 1. The van der Waals surface area contributed by atoms with Crippen molar-refractivity contribution in [2.75, 3.05) is 11.9 Å². The van der Waals surface area contributed by atoms with Gasteiger partial charge in [0.25, 0.3) is 5.91 Å². The molecule has 3 aromatic rings. The lowest BCUT2D eigenvalue weighted by Crippen LogP contribution is -2.17. The minimum Gasteiger partial charge on any atom is -0.462 e. The molecule has 1 amide bonds. The van der Waals surface area contributed by atoms with E-state index in [4.69, 9.17) is 4.74 Å². The molecule has 0 bridgehead atoms. The van der Waals surface area contributed by atoms with Gasteiger partial charge in [-0.05, 0) is 55.4 Å². The number of esters is 1. The molecule has 1 aliphatic carbocycles. The Morgan fingerprint density at radius 1 is 1.13 bits per heavy atom. The van der Waals surface area contributed by atoms with Crippen LogP contribution in [0, 0.1) is 5.82 Å². The van der Waals surface area contributed by atoms with Crippen LogP contribution in [0.15, 0.2) is 54.6 Å². The zero-order valence-corrected chi connectivity index (χ0v) is 17.4. The molecule has 1 atom stereocenters. The summed E-state index contributed by atoms with van der Waals surface area (Å²) in [5.41, 5.74) is 2.56. The number of carbonyl (C=O) groups is 2. The van der Waals surface area contributed by atoms with Crippen molar-refractivity contribution in [1.82, 2.24) is 0 Å². The standard InChI is InChI=1S/C24H22FNO3S/c1-2-29-24(28)21-18-13-12-16(15-8-4-3-5-9-15)14-20(18)30-23(21)26-22(27)17-10-6-7-11-19(17)25/h3-11,16H,2,12-14H2,1H3,(H,26,27)/t16-/m1/s1. The molecule has 1 aromatic heterocycles. The van der Waals surface area contributed by atoms with Crippen molar-refractivity contribution in [3.63, 3.8) is 0 Å². The number of amides is 1. The molecule has 0 fully saturated rings. The maximum absolute atomic E-state index is 14.0. The van der Waals surface area contributed by atoms with Crippen LogP contribution < -0.4 is 5.32 Å². The molecule has 0 saturated carbocycles. The van der Waals surface area contributed by atoms with E-state index < -0.39 is 17.7 Å². The van der Waals surface area contributed by atoms with Gasteiger partial charge in [-0.25, -0.2) is 9.18 Å². The maximum Gasteiger partial charge on any atom is 0.341 e. The van der Waals surface area contributed by atoms with Gasteiger partial charge in [-0.1, -0.05) is 42.5 Å². The molecule has 1 aliphatic rings. The van der Waals surface area contributed by atoms with Gasteiger partial charge in [-0.3, -0.25) is 4.79 Å². The van der Waals surface area contributed by atoms with Crippen LogP contribution in [0.4, 0.5) is 9.39 Å². The quantitative estimate of drug-likeness (QED) is 0.545. The first-order valence-corrected chi connectivity index (χ1v) is 10.8. The fourth-order valence-corrected chi connectivity index (χ4v) is 5.23. The summed E-state index contributed by atoms with van der Waals surface area (Å²) in [7, 11) is 0. The minimum atomic E-state index is -0.599. The molecule has 4 nitrogen and oxygen atoms in total. The molecule has 2 aromatic carbocycles. The average Bonchev–Trinajstić information content (AvgIpc) is 3.11. The normalized spacial score (nSPS) is 15.3. The van der Waals surface area contributed by atoms with Gasteiger partial charge in [0.15, 0.2) is 0 Å². The van der Waals surface area contributed by atoms with Crippen molar-refractivity contribution in [3.8, 4) is 0 Å². The van der Waals surface area contributed by atoms with E-state index in [1.165, 1.54) is 35.1 Å². The summed E-state index contributed by atoms with van der Waals surface area (Å²) < 4.78 is 19.3. The van der Waals surface area contributed by atoms with Crippen LogP contribution in [0.1, 0.15) is 56.0 Å². The molecule has 4 rings (SSSR count). The number of carbonyl (C=O) groups excluding carboxylic acids is 2. The summed E-state index contributed by atoms with van der Waals surface area (Å²) in [6, 6.07) is 16.1. The van der Waals surface area contributed by atoms with E-state index in [2.05, 4.69) is 17.4 Å². The predicted octanol–water partition coefficient (Wildman–Crippen LogP) is 5.59. The Balaban J connectivity index is 1.67. The molecule has 1 heterocycles. The third-order valence-electron chi connectivity index (χ3n) is 5.36. The number of ether oxygens (including phenoxy) is 1. The van der Waals surface area contributed by atoms with Gasteiger partial charge < -0.3 is 10.1 Å². The van der Waals surface area contributed by atoms with Crippen molar-refractivity contribution in [2.45, 2.75) is 32.1 Å². The number of anilines is 1. The second-order valence-electron chi connectivity index (χ2n) is 7.21. The lowest BCUT2D eigenvalue weighted by Gasteiger charge is -2.23. The summed E-state index contributed by atoms with van der Waals surface area (Å²) in [6.45, 7) is 2.00. The molecule has 0 unspecified atom stereocenters. The fourth-order valence-electron chi connectivity index (χ4n) is 3.92. The van der Waals surface area contributed by atoms with Crippen LogP contribution >= 0.6 is 11.3 Å². The van der Waals surface area contributed by atoms with Crippen LogP contribution in [0.5, 0.6) is 0 Å². The monoisotopic (exact) mass is 423 g/mol. The molecule has 30 heavy (non-hydrogen) atoms. The van der Waals surface area contributed by atoms with Gasteiger partial charge in [0, 0.05) is 4.88 Å². The van der Waals surface area contributed by atoms with Crippen molar-refractivity contribution in [3.05, 3.63) is 87.5 Å². The van der Waals surface area contributed by atoms with E-state index in [1.807, 2.05) is 18.2 Å². The van der Waals surface area contributed by atoms with E-state index >= 15 is 0 Å². The molecule has 0 aliphatic heterocycles. The molecular formula is C24H22FNO3S. The highest BCUT2D eigenvalue weighted by Crippen LogP contribution is 2.43. The highest BCUT2D eigenvalue weighted by molar-refractivity contribution is 7.17. The molecule has 6 heteroatoms. The molecule has 0 saturated heterocycles. The Labute approximate surface area is 178 Å². The highest BCUT2D eigenvalue weighted by Gasteiger charge is 2.31. The van der Waals surface area contributed by atoms with E-state index in [0.29, 0.717) is 16.5 Å². The second-order valence-corrected chi connectivity index (χ2v) is 8.32. The SMILES string of the molecule is CCOC(=O)c1c(NC(=O)c2ccccc2F)sc2c1CC[C@@H](c1ccccc1)C2. The molecule has 154 valence electrons. The number of halogens is 1. The van der Waals surface area contributed by atoms with Crippen molar-refractivity contribution in [2.24, 2.45) is 0 Å². The van der Waals surface area contributed by atoms with Gasteiger partial charge in [0.1, 0.15) is 10.8 Å². The number of hydrogen-bond donors (Lipinski definition) is 1. The van der Waals surface area contributed by atoms with E-state index in [9.17, 15) is 14.0 Å². The van der Waals surface area contributed by atoms with Crippen LogP contribution in [-0.4, -0.2) is 18.5 Å². The molecule has 1 N–H and O–H groups in total. The number of benzene rings is 2. The minimum absolute atomic E-state index is 0.0548. The van der Waals surface area contributed by atoms with Crippen molar-refractivity contribution < 1.29 is 18.7 Å². The molecule has 0 spiro atoms. The van der Waals surface area contributed by atoms with Crippen LogP contribution in [0.2, 0.25) is 0 Å². The van der Waals surface area contributed by atoms with E-state index in [1.54, 1.807) is 13.0 Å². The molecule has 0 radical (unpaired) electrons. The Morgan fingerprint density at radius 3 is 2.60 bits per heavy atom. The van der Waals surface area contributed by atoms with E-state index in [0.717, 1.165) is 29.7 Å². The van der Waals surface area contributed by atoms with Gasteiger partial charge in [0.2, 0.25) is 0 Å². The van der Waals surface area contributed by atoms with Gasteiger partial charge in [0.05, 0.1) is 17.7 Å². The van der Waals surface area contributed by atoms with Gasteiger partial charge in [-0.15, -0.1) is 11.3 Å². The summed E-state index contributed by atoms with van der Waals surface area (Å²) >= 11 is 1.39. The van der Waals surface area contributed by atoms with Crippen LogP contribution in [-0.2, 0) is 17.6 Å². The van der Waals surface area contributed by atoms with Gasteiger partial charge in [-0.2, -0.15) is 0 Å². The lowest BCUT2D eigenvalue weighted by molar-refractivity contribution is 0.0526. The Kier molecular flexibility index (Phi) is 5.95. The maximum atomic E-state index is 14.0. The van der Waals surface area contributed by atoms with Crippen molar-refractivity contribution >= 4 is 28.2 Å². The number of hydrogen-bond acceptors (Lipinski definition) is 4. The third kappa shape index (κ3) is 4.00. The average molecular weight is 424 g/mol. The lowest BCUT2D eigenvalue weighted by atomic mass is 9.83. The van der Waals surface area contributed by atoms with E-state index in [-0.39, 0.29) is 12.2 Å². The molecular weight excluding hydrogens is 401 g/mol. The number of thiophene rings is 1. The smallest absolute Gasteiger partial charge is 0.341 e. The summed E-state index contributed by atoms with van der Waals surface area (Å²) in [5, 5.41) is 3.19. The number of rotatable bonds is 5. The summed E-state index contributed by atoms with van der Waals surface area (Å²) in [4.78, 5) is 26.4. The summed E-state index contributed by atoms with van der Waals surface area (Å²) in [5.74, 6) is -1.26. The zero-order valence-electron chi connectivity index (χ0n) is 16.6. The summed E-state index contributed by atoms with van der Waals surface area (Å²) in [6.07, 6.45) is 2.45. The van der Waals surface area contributed by atoms with Crippen molar-refractivity contribution in [1.29, 1.82) is 0 Å². The van der Waals surface area contributed by atoms with Crippen LogP contribution in [0.3, 0.4) is 0 Å². The Bertz CT molecular complexity index is 1080. The Hall–Kier alpha value is -2.99. The van der Waals surface area contributed by atoms with Gasteiger partial charge >= 0.3 is 5.97 Å². The fraction of sp³-hybridized carbons (Fsp3) is 0.250. The number of fused-ring (bicyclic) bond motifs is 1. The largest absolute Gasteiger partial charge is 0.462 e. The second kappa shape index (κ2) is 8.79. The Morgan fingerprint density at radius 2 is 1.87 bits per heavy atom. The first-order valence-electron chi connectivity index (χ1n) is 10.0. The first kappa shape index (κ1) is 20.3.